The minimum absolute atomic E-state index is 0.0517. The topological polar surface area (TPSA) is 197 Å². The van der Waals surface area contributed by atoms with Crippen molar-refractivity contribution in [3.63, 3.8) is 0 Å². The Kier molecular flexibility index (Phi) is 14.9. The lowest BCUT2D eigenvalue weighted by Crippen LogP contribution is -2.57. The molecule has 0 spiro atoms. The maximum Gasteiger partial charge on any atom is 0.416 e. The highest BCUT2D eigenvalue weighted by Crippen LogP contribution is 2.42. The van der Waals surface area contributed by atoms with E-state index in [2.05, 4.69) is 27.5 Å². The Morgan fingerprint density at radius 2 is 1.54 bits per heavy atom. The molecule has 0 saturated carbocycles. The summed E-state index contributed by atoms with van der Waals surface area (Å²) in [5.41, 5.74) is 4.64. The fourth-order valence-electron chi connectivity index (χ4n) is 8.71. The lowest BCUT2D eigenvalue weighted by Gasteiger charge is -2.42. The largest absolute Gasteiger partial charge is 0.493 e. The van der Waals surface area contributed by atoms with Crippen LogP contribution in [0.5, 0.6) is 11.5 Å². The molecule has 8 rings (SSSR count). The molecule has 0 bridgehead atoms. The number of amides is 5. The second-order valence-electron chi connectivity index (χ2n) is 16.8. The van der Waals surface area contributed by atoms with Gasteiger partial charge in [-0.3, -0.25) is 24.2 Å². The molecule has 3 atom stereocenters. The number of rotatable bonds is 16. The normalized spacial score (nSPS) is 17.8. The van der Waals surface area contributed by atoms with Gasteiger partial charge in [-0.05, 0) is 93.0 Å². The Bertz CT molecular complexity index is 2640. The Hall–Kier alpha value is -7.44. The molecule has 68 heavy (non-hydrogen) atoms. The molecule has 2 aromatic carbocycles. The van der Waals surface area contributed by atoms with Crippen LogP contribution in [0, 0.1) is 0 Å². The Balaban J connectivity index is 0.886. The predicted molar refractivity (Wildman–Crippen MR) is 254 cm³/mol. The molecule has 2 saturated heterocycles. The van der Waals surface area contributed by atoms with Gasteiger partial charge >= 0.3 is 6.09 Å². The minimum Gasteiger partial charge on any atom is -0.493 e. The zero-order valence-electron chi connectivity index (χ0n) is 38.4. The van der Waals surface area contributed by atoms with Crippen molar-refractivity contribution in [2.24, 2.45) is 14.1 Å². The molecule has 356 valence electrons. The molecule has 2 unspecified atom stereocenters. The standard InChI is InChI=1S/C50H56N8O10/c1-5-23-67-50(63)58-39-29-43(42(64-4)28-37(39)48(62)57-22-8-6-11-38(57)49(58)68-45-13-7-9-24-66-45)65-25-10-12-44(59)52-36-27-41(56(3)31-36)47(61)53-34-16-14-32(15-17-34)33-26-40(55(2)30-33)46(60)54-35-18-20-51-21-19-35/h5,14-21,26-31,38,45,49H,1,6-13,22-25H2,2-4H3,(H,52,59)(H,53,61)(H,51,54,60)/t38-,45?,49?/m0/s1. The van der Waals surface area contributed by atoms with Crippen LogP contribution in [0.4, 0.5) is 27.5 Å². The zero-order chi connectivity index (χ0) is 47.7. The van der Waals surface area contributed by atoms with Gasteiger partial charge in [0.15, 0.2) is 24.0 Å². The van der Waals surface area contributed by atoms with Gasteiger partial charge in [-0.2, -0.15) is 0 Å². The molecule has 18 nitrogen and oxygen atoms in total. The number of nitrogens with one attached hydrogen (secondary N) is 3. The second kappa shape index (κ2) is 21.5. The van der Waals surface area contributed by atoms with Gasteiger partial charge in [0, 0.05) is 81.5 Å². The summed E-state index contributed by atoms with van der Waals surface area (Å²) < 4.78 is 33.4. The van der Waals surface area contributed by atoms with E-state index in [9.17, 15) is 24.0 Å². The predicted octanol–water partition coefficient (Wildman–Crippen LogP) is 7.74. The third kappa shape index (κ3) is 10.7. The number of pyridine rings is 1. The Labute approximate surface area is 394 Å². The third-order valence-electron chi connectivity index (χ3n) is 12.1. The molecule has 3 aliphatic rings. The van der Waals surface area contributed by atoms with Crippen LogP contribution >= 0.6 is 0 Å². The first-order chi connectivity index (χ1) is 33.0. The van der Waals surface area contributed by atoms with E-state index >= 15 is 0 Å². The fraction of sp³-hybridized carbons (Fsp3) is 0.360. The Morgan fingerprint density at radius 1 is 0.824 bits per heavy atom. The zero-order valence-corrected chi connectivity index (χ0v) is 38.4. The summed E-state index contributed by atoms with van der Waals surface area (Å²) in [6.45, 7) is 4.76. The van der Waals surface area contributed by atoms with E-state index in [-0.39, 0.29) is 66.0 Å². The quantitative estimate of drug-likeness (QED) is 0.0647. The van der Waals surface area contributed by atoms with Crippen molar-refractivity contribution < 1.29 is 47.7 Å². The number of hydrogen-bond acceptors (Lipinski definition) is 11. The van der Waals surface area contributed by atoms with E-state index in [1.165, 1.54) is 18.1 Å². The number of benzene rings is 2. The highest BCUT2D eigenvalue weighted by Gasteiger charge is 2.47. The summed E-state index contributed by atoms with van der Waals surface area (Å²) in [7, 11) is 4.98. The SMILES string of the molecule is C=CCOC(=O)N1c2cc(OCCCC(=O)Nc3cc(C(=O)Nc4ccc(-c5cc(C(=O)Nc6ccncc6)n(C)c5)cc4)n(C)c3)c(OC)cc2C(=O)N2CCCC[C@H]2C1OC1CCCCO1. The number of aryl methyl sites for hydroxylation is 2. The molecule has 3 N–H and O–H groups in total. The second-order valence-corrected chi connectivity index (χ2v) is 16.8. The molecule has 18 heteroatoms. The first-order valence-corrected chi connectivity index (χ1v) is 22.8. The Morgan fingerprint density at radius 3 is 2.26 bits per heavy atom. The van der Waals surface area contributed by atoms with E-state index in [4.69, 9.17) is 23.7 Å². The maximum atomic E-state index is 14.3. The monoisotopic (exact) mass is 928 g/mol. The molecule has 3 aromatic heterocycles. The van der Waals surface area contributed by atoms with Gasteiger partial charge in [0.05, 0.1) is 36.7 Å². The first-order valence-electron chi connectivity index (χ1n) is 22.8. The minimum atomic E-state index is -0.904. The van der Waals surface area contributed by atoms with E-state index < -0.39 is 24.7 Å². The highest BCUT2D eigenvalue weighted by molar-refractivity contribution is 6.07. The molecule has 3 aliphatic heterocycles. The number of aromatic nitrogens is 3. The number of fused-ring (bicyclic) bond motifs is 2. The number of methoxy groups -OCH3 is 1. The molecular formula is C50H56N8O10. The summed E-state index contributed by atoms with van der Waals surface area (Å²) in [4.78, 5) is 74.9. The van der Waals surface area contributed by atoms with Crippen LogP contribution in [-0.2, 0) is 33.1 Å². The smallest absolute Gasteiger partial charge is 0.416 e. The highest BCUT2D eigenvalue weighted by atomic mass is 16.7. The van der Waals surface area contributed by atoms with Crippen LogP contribution in [-0.4, -0.2) is 101 Å². The van der Waals surface area contributed by atoms with Crippen molar-refractivity contribution in [1.82, 2.24) is 19.0 Å². The van der Waals surface area contributed by atoms with Crippen molar-refractivity contribution in [3.8, 4) is 22.6 Å². The van der Waals surface area contributed by atoms with Crippen LogP contribution in [0.1, 0.15) is 82.7 Å². The van der Waals surface area contributed by atoms with E-state index in [1.54, 1.807) is 95.3 Å². The van der Waals surface area contributed by atoms with E-state index in [1.807, 2.05) is 18.3 Å². The summed E-state index contributed by atoms with van der Waals surface area (Å²) in [5.74, 6) is -0.632. The summed E-state index contributed by atoms with van der Waals surface area (Å²) in [6.07, 6.45) is 11.2. The van der Waals surface area contributed by atoms with E-state index in [0.717, 1.165) is 36.8 Å². The number of carbonyl (C=O) groups excluding carboxylic acids is 5. The van der Waals surface area contributed by atoms with Crippen LogP contribution in [0.2, 0.25) is 0 Å². The lowest BCUT2D eigenvalue weighted by atomic mass is 10.00. The van der Waals surface area contributed by atoms with Gasteiger partial charge in [-0.25, -0.2) is 9.69 Å². The number of hydrogen-bond donors (Lipinski definition) is 3. The summed E-state index contributed by atoms with van der Waals surface area (Å²) >= 11 is 0. The molecule has 0 radical (unpaired) electrons. The van der Waals surface area contributed by atoms with Gasteiger partial charge in [0.25, 0.3) is 17.7 Å². The van der Waals surface area contributed by atoms with Crippen molar-refractivity contribution in [2.75, 3.05) is 54.3 Å². The van der Waals surface area contributed by atoms with Crippen LogP contribution in [0.25, 0.3) is 11.1 Å². The molecule has 5 amide bonds. The third-order valence-corrected chi connectivity index (χ3v) is 12.1. The molecule has 5 aromatic rings. The fourth-order valence-corrected chi connectivity index (χ4v) is 8.71. The lowest BCUT2D eigenvalue weighted by molar-refractivity contribution is -0.198. The number of piperidine rings is 1. The number of anilines is 4. The van der Waals surface area contributed by atoms with Gasteiger partial charge in [0.2, 0.25) is 5.91 Å². The molecular weight excluding hydrogens is 873 g/mol. The molecule has 6 heterocycles. The van der Waals surface area contributed by atoms with Crippen molar-refractivity contribution in [1.29, 1.82) is 0 Å². The molecule has 2 fully saturated rings. The maximum absolute atomic E-state index is 14.3. The average Bonchev–Trinajstić information content (AvgIpc) is 3.91. The van der Waals surface area contributed by atoms with Crippen LogP contribution in [0.15, 0.2) is 98.1 Å². The van der Waals surface area contributed by atoms with Gasteiger partial charge in [-0.15, -0.1) is 0 Å². The van der Waals surface area contributed by atoms with Crippen LogP contribution in [0.3, 0.4) is 0 Å². The van der Waals surface area contributed by atoms with Gasteiger partial charge in [-0.1, -0.05) is 24.8 Å². The number of ether oxygens (including phenoxy) is 5. The van der Waals surface area contributed by atoms with Gasteiger partial charge in [0.1, 0.15) is 18.0 Å². The summed E-state index contributed by atoms with van der Waals surface area (Å²) in [6, 6.07) is 16.8. The first kappa shape index (κ1) is 47.1. The average molecular weight is 929 g/mol. The number of nitrogens with zero attached hydrogens (tertiary/aromatic N) is 5. The summed E-state index contributed by atoms with van der Waals surface area (Å²) in [5, 5.41) is 8.64. The van der Waals surface area contributed by atoms with E-state index in [0.29, 0.717) is 60.9 Å². The van der Waals surface area contributed by atoms with Gasteiger partial charge < -0.3 is 53.7 Å². The van der Waals surface area contributed by atoms with Crippen molar-refractivity contribution in [3.05, 3.63) is 115 Å². The van der Waals surface area contributed by atoms with Crippen molar-refractivity contribution in [2.45, 2.75) is 69.9 Å². The van der Waals surface area contributed by atoms with Crippen LogP contribution < -0.4 is 30.3 Å². The van der Waals surface area contributed by atoms with Crippen molar-refractivity contribution >= 4 is 52.5 Å². The number of carbonyl (C=O) groups is 5. The molecule has 0 aliphatic carbocycles.